The van der Waals surface area contributed by atoms with Gasteiger partial charge in [-0.15, -0.1) is 0 Å². The van der Waals surface area contributed by atoms with Crippen LogP contribution in [0.25, 0.3) is 0 Å². The average molecular weight is 343 g/mol. The summed E-state index contributed by atoms with van der Waals surface area (Å²) in [5.74, 6) is -0.177. The SMILES string of the molecule is CC(C)(C)OC(=O)NCCNC(=O)c1ccc(Br)cc1. The van der Waals surface area contributed by atoms with Gasteiger partial charge < -0.3 is 15.4 Å². The fourth-order valence-corrected chi connectivity index (χ4v) is 1.62. The third-order valence-corrected chi connectivity index (χ3v) is 2.71. The van der Waals surface area contributed by atoms with Gasteiger partial charge >= 0.3 is 6.09 Å². The summed E-state index contributed by atoms with van der Waals surface area (Å²) < 4.78 is 5.99. The second-order valence-corrected chi connectivity index (χ2v) is 6.11. The maximum Gasteiger partial charge on any atom is 0.407 e. The van der Waals surface area contributed by atoms with Crippen LogP contribution in [0.5, 0.6) is 0 Å². The molecule has 0 saturated carbocycles. The Morgan fingerprint density at radius 2 is 1.65 bits per heavy atom. The van der Waals surface area contributed by atoms with E-state index in [1.54, 1.807) is 45.0 Å². The Bertz CT molecular complexity index is 466. The van der Waals surface area contributed by atoms with Crippen molar-refractivity contribution < 1.29 is 14.3 Å². The van der Waals surface area contributed by atoms with Crippen LogP contribution in [-0.4, -0.2) is 30.7 Å². The van der Waals surface area contributed by atoms with E-state index in [0.717, 1.165) is 4.47 Å². The highest BCUT2D eigenvalue weighted by Gasteiger charge is 2.15. The van der Waals surface area contributed by atoms with Gasteiger partial charge in [-0.25, -0.2) is 4.79 Å². The second-order valence-electron chi connectivity index (χ2n) is 5.19. The van der Waals surface area contributed by atoms with Gasteiger partial charge in [0.2, 0.25) is 0 Å². The lowest BCUT2D eigenvalue weighted by Crippen LogP contribution is -2.37. The Balaban J connectivity index is 2.26. The van der Waals surface area contributed by atoms with E-state index in [4.69, 9.17) is 4.74 Å². The van der Waals surface area contributed by atoms with E-state index in [1.807, 2.05) is 0 Å². The predicted octanol–water partition coefficient (Wildman–Crippen LogP) is 2.70. The number of ether oxygens (including phenoxy) is 1. The molecule has 1 rings (SSSR count). The molecular weight excluding hydrogens is 324 g/mol. The minimum absolute atomic E-state index is 0.177. The molecule has 0 fully saturated rings. The first kappa shape index (κ1) is 16.5. The molecule has 0 atom stereocenters. The number of amides is 2. The molecule has 2 N–H and O–H groups in total. The van der Waals surface area contributed by atoms with Crippen LogP contribution in [0, 0.1) is 0 Å². The number of hydrogen-bond donors (Lipinski definition) is 2. The second kappa shape index (κ2) is 7.28. The molecule has 0 aliphatic carbocycles. The van der Waals surface area contributed by atoms with Crippen LogP contribution in [0.2, 0.25) is 0 Å². The topological polar surface area (TPSA) is 67.4 Å². The van der Waals surface area contributed by atoms with Gasteiger partial charge in [-0.05, 0) is 45.0 Å². The molecule has 20 heavy (non-hydrogen) atoms. The smallest absolute Gasteiger partial charge is 0.407 e. The molecule has 110 valence electrons. The lowest BCUT2D eigenvalue weighted by molar-refractivity contribution is 0.0526. The number of hydrogen-bond acceptors (Lipinski definition) is 3. The van der Waals surface area contributed by atoms with Gasteiger partial charge in [0.1, 0.15) is 5.60 Å². The maximum atomic E-state index is 11.8. The molecule has 0 aliphatic rings. The molecular formula is C14H19BrN2O3. The Labute approximate surface area is 127 Å². The molecule has 0 aliphatic heterocycles. The molecule has 0 radical (unpaired) electrons. The van der Waals surface area contributed by atoms with Crippen LogP contribution in [-0.2, 0) is 4.74 Å². The van der Waals surface area contributed by atoms with Crippen LogP contribution in [0.15, 0.2) is 28.7 Å². The van der Waals surface area contributed by atoms with Crippen LogP contribution < -0.4 is 10.6 Å². The van der Waals surface area contributed by atoms with Crippen molar-refractivity contribution in [1.82, 2.24) is 10.6 Å². The standard InChI is InChI=1S/C14H19BrN2O3/c1-14(2,3)20-13(19)17-9-8-16-12(18)10-4-6-11(15)7-5-10/h4-7H,8-9H2,1-3H3,(H,16,18)(H,17,19). The molecule has 0 saturated heterocycles. The molecule has 1 aromatic carbocycles. The van der Waals surface area contributed by atoms with Crippen molar-refractivity contribution in [3.63, 3.8) is 0 Å². The van der Waals surface area contributed by atoms with Gasteiger partial charge in [0.15, 0.2) is 0 Å². The molecule has 0 bridgehead atoms. The highest BCUT2D eigenvalue weighted by Crippen LogP contribution is 2.10. The summed E-state index contributed by atoms with van der Waals surface area (Å²) in [5.41, 5.74) is 0.0514. The number of alkyl carbamates (subject to hydrolysis) is 1. The van der Waals surface area contributed by atoms with Gasteiger partial charge in [0.25, 0.3) is 5.91 Å². The fraction of sp³-hybridized carbons (Fsp3) is 0.429. The van der Waals surface area contributed by atoms with Crippen LogP contribution in [0.1, 0.15) is 31.1 Å². The van der Waals surface area contributed by atoms with Gasteiger partial charge in [0, 0.05) is 23.1 Å². The summed E-state index contributed by atoms with van der Waals surface area (Å²) >= 11 is 3.31. The summed E-state index contributed by atoms with van der Waals surface area (Å²) in [6.07, 6.45) is -0.490. The summed E-state index contributed by atoms with van der Waals surface area (Å²) in [7, 11) is 0. The molecule has 5 nitrogen and oxygen atoms in total. The van der Waals surface area contributed by atoms with E-state index >= 15 is 0 Å². The average Bonchev–Trinajstić information content (AvgIpc) is 2.33. The zero-order chi connectivity index (χ0) is 15.2. The van der Waals surface area contributed by atoms with Crippen molar-refractivity contribution in [2.24, 2.45) is 0 Å². The normalized spacial score (nSPS) is 10.8. The van der Waals surface area contributed by atoms with Crippen molar-refractivity contribution in [1.29, 1.82) is 0 Å². The largest absolute Gasteiger partial charge is 0.444 e. The predicted molar refractivity (Wildman–Crippen MR) is 80.7 cm³/mol. The Morgan fingerprint density at radius 3 is 2.20 bits per heavy atom. The number of benzene rings is 1. The number of halogens is 1. The van der Waals surface area contributed by atoms with E-state index in [2.05, 4.69) is 26.6 Å². The molecule has 6 heteroatoms. The molecule has 2 amide bonds. The minimum Gasteiger partial charge on any atom is -0.444 e. The maximum absolute atomic E-state index is 11.8. The lowest BCUT2D eigenvalue weighted by atomic mass is 10.2. The summed E-state index contributed by atoms with van der Waals surface area (Å²) in [6.45, 7) is 6.04. The minimum atomic E-state index is -0.523. The van der Waals surface area contributed by atoms with Gasteiger partial charge in [-0.3, -0.25) is 4.79 Å². The zero-order valence-corrected chi connectivity index (χ0v) is 13.4. The number of nitrogens with one attached hydrogen (secondary N) is 2. The first-order valence-corrected chi connectivity index (χ1v) is 7.08. The third kappa shape index (κ3) is 6.56. The van der Waals surface area contributed by atoms with E-state index in [9.17, 15) is 9.59 Å². The zero-order valence-electron chi connectivity index (χ0n) is 11.8. The number of rotatable bonds is 4. The van der Waals surface area contributed by atoms with Crippen LogP contribution in [0.3, 0.4) is 0 Å². The van der Waals surface area contributed by atoms with Crippen LogP contribution >= 0.6 is 15.9 Å². The Morgan fingerprint density at radius 1 is 1.10 bits per heavy atom. The van der Waals surface area contributed by atoms with E-state index in [-0.39, 0.29) is 5.91 Å². The van der Waals surface area contributed by atoms with Crippen molar-refractivity contribution in [2.45, 2.75) is 26.4 Å². The summed E-state index contributed by atoms with van der Waals surface area (Å²) in [6, 6.07) is 7.04. The van der Waals surface area contributed by atoms with Crippen LogP contribution in [0.4, 0.5) is 4.79 Å². The van der Waals surface area contributed by atoms with Gasteiger partial charge in [0.05, 0.1) is 0 Å². The van der Waals surface area contributed by atoms with Crippen molar-refractivity contribution in [3.8, 4) is 0 Å². The molecule has 0 unspecified atom stereocenters. The summed E-state index contributed by atoms with van der Waals surface area (Å²) in [5, 5.41) is 5.28. The third-order valence-electron chi connectivity index (χ3n) is 2.19. The molecule has 0 spiro atoms. The van der Waals surface area contributed by atoms with E-state index in [0.29, 0.717) is 18.7 Å². The molecule has 1 aromatic rings. The van der Waals surface area contributed by atoms with Gasteiger partial charge in [-0.1, -0.05) is 15.9 Å². The first-order valence-electron chi connectivity index (χ1n) is 6.28. The quantitative estimate of drug-likeness (QED) is 0.826. The Kier molecular flexibility index (Phi) is 6.01. The monoisotopic (exact) mass is 342 g/mol. The highest BCUT2D eigenvalue weighted by molar-refractivity contribution is 9.10. The number of carbonyl (C=O) groups is 2. The molecule has 0 aromatic heterocycles. The lowest BCUT2D eigenvalue weighted by Gasteiger charge is -2.19. The van der Waals surface area contributed by atoms with Crippen molar-refractivity contribution in [3.05, 3.63) is 34.3 Å². The van der Waals surface area contributed by atoms with Crippen molar-refractivity contribution in [2.75, 3.05) is 13.1 Å². The fourth-order valence-electron chi connectivity index (χ4n) is 1.36. The van der Waals surface area contributed by atoms with E-state index in [1.165, 1.54) is 0 Å². The number of carbonyl (C=O) groups excluding carboxylic acids is 2. The van der Waals surface area contributed by atoms with Crippen molar-refractivity contribution >= 4 is 27.9 Å². The van der Waals surface area contributed by atoms with E-state index < -0.39 is 11.7 Å². The first-order chi connectivity index (χ1) is 9.28. The Hall–Kier alpha value is -1.56. The molecule has 0 heterocycles. The van der Waals surface area contributed by atoms with Gasteiger partial charge in [-0.2, -0.15) is 0 Å². The highest BCUT2D eigenvalue weighted by atomic mass is 79.9. The summed E-state index contributed by atoms with van der Waals surface area (Å²) in [4.78, 5) is 23.1.